The Kier molecular flexibility index (Phi) is 5.36. The van der Waals surface area contributed by atoms with E-state index in [9.17, 15) is 0 Å². The van der Waals surface area contributed by atoms with Gasteiger partial charge in [0, 0.05) is 10.8 Å². The lowest BCUT2D eigenvalue weighted by molar-refractivity contribution is 0.281. The van der Waals surface area contributed by atoms with Crippen LogP contribution in [0.3, 0.4) is 0 Å². The van der Waals surface area contributed by atoms with E-state index in [1.54, 1.807) is 6.20 Å². The summed E-state index contributed by atoms with van der Waals surface area (Å²) in [6.07, 6.45) is 1.78. The highest BCUT2D eigenvalue weighted by atomic mass is 127. The molecule has 0 aliphatic carbocycles. The Bertz CT molecular complexity index is 1020. The predicted molar refractivity (Wildman–Crippen MR) is 106 cm³/mol. The molecule has 4 rings (SSSR count). The summed E-state index contributed by atoms with van der Waals surface area (Å²) >= 11 is 2.21. The van der Waals surface area contributed by atoms with Gasteiger partial charge in [0.15, 0.2) is 0 Å². The number of aromatic amines is 2. The van der Waals surface area contributed by atoms with Crippen molar-refractivity contribution in [3.63, 3.8) is 0 Å². The second-order valence-electron chi connectivity index (χ2n) is 5.78. The molecule has 0 bridgehead atoms. The van der Waals surface area contributed by atoms with Crippen LogP contribution in [0.25, 0.3) is 21.8 Å². The average molecular weight is 450 g/mol. The molecular formula is C18H19IN4O2. The Balaban J connectivity index is 0.000000146. The summed E-state index contributed by atoms with van der Waals surface area (Å²) in [5.74, 6) is 0. The van der Waals surface area contributed by atoms with Gasteiger partial charge in [0.05, 0.1) is 30.4 Å². The fourth-order valence-electron chi connectivity index (χ4n) is 2.77. The van der Waals surface area contributed by atoms with Crippen LogP contribution in [0.15, 0.2) is 30.5 Å². The standard InChI is InChI=1S/C9H9IN2O.C9H10N2O/c1-5-6(4-13)2-3-7-8(5)11-12-9(7)10;1-6-8(5-12)3-2-7-4-10-11-9(6)7/h2-3,13H,4H2,1H3,(H,11,12);2-4,12H,5H2,1H3,(H,10,11). The molecule has 0 radical (unpaired) electrons. The SMILES string of the molecule is Cc1c(CO)ccc2c(I)[nH]nc12.Cc1c(CO)ccc2cn[nH]c12. The summed E-state index contributed by atoms with van der Waals surface area (Å²) in [6, 6.07) is 7.80. The van der Waals surface area contributed by atoms with Crippen LogP contribution in [0.1, 0.15) is 22.3 Å². The lowest BCUT2D eigenvalue weighted by Gasteiger charge is -2.01. The van der Waals surface area contributed by atoms with Crippen molar-refractivity contribution < 1.29 is 10.2 Å². The highest BCUT2D eigenvalue weighted by molar-refractivity contribution is 14.1. The first kappa shape index (κ1) is 17.8. The normalized spacial score (nSPS) is 10.9. The molecule has 6 nitrogen and oxygen atoms in total. The molecule has 0 saturated carbocycles. The minimum Gasteiger partial charge on any atom is -0.392 e. The van der Waals surface area contributed by atoms with Crippen LogP contribution in [0.4, 0.5) is 0 Å². The molecule has 25 heavy (non-hydrogen) atoms. The second kappa shape index (κ2) is 7.51. The zero-order valence-corrected chi connectivity index (χ0v) is 16.1. The quantitative estimate of drug-likeness (QED) is 0.352. The highest BCUT2D eigenvalue weighted by Gasteiger charge is 2.07. The first-order valence-corrected chi connectivity index (χ1v) is 8.90. The number of hydrogen-bond acceptors (Lipinski definition) is 4. The van der Waals surface area contributed by atoms with Gasteiger partial charge in [0.2, 0.25) is 0 Å². The summed E-state index contributed by atoms with van der Waals surface area (Å²) in [5, 5.41) is 34.2. The molecule has 0 aliphatic rings. The monoisotopic (exact) mass is 450 g/mol. The molecule has 0 fully saturated rings. The molecule has 4 N–H and O–H groups in total. The Morgan fingerprint density at radius 3 is 2.36 bits per heavy atom. The van der Waals surface area contributed by atoms with E-state index in [2.05, 4.69) is 43.0 Å². The first-order chi connectivity index (χ1) is 12.1. The van der Waals surface area contributed by atoms with E-state index < -0.39 is 0 Å². The Hall–Kier alpha value is -1.97. The number of fused-ring (bicyclic) bond motifs is 2. The molecule has 130 valence electrons. The molecular weight excluding hydrogens is 431 g/mol. The molecule has 4 aromatic rings. The van der Waals surface area contributed by atoms with Gasteiger partial charge >= 0.3 is 0 Å². The van der Waals surface area contributed by atoms with E-state index in [0.717, 1.165) is 47.8 Å². The van der Waals surface area contributed by atoms with Gasteiger partial charge in [-0.3, -0.25) is 10.2 Å². The second-order valence-corrected chi connectivity index (χ2v) is 6.86. The molecule has 2 aromatic heterocycles. The van der Waals surface area contributed by atoms with Crippen LogP contribution in [0.2, 0.25) is 0 Å². The molecule has 2 aromatic carbocycles. The van der Waals surface area contributed by atoms with Crippen LogP contribution in [-0.4, -0.2) is 30.6 Å². The molecule has 0 atom stereocenters. The maximum atomic E-state index is 9.04. The van der Waals surface area contributed by atoms with E-state index in [-0.39, 0.29) is 13.2 Å². The van der Waals surface area contributed by atoms with Crippen molar-refractivity contribution in [2.75, 3.05) is 0 Å². The molecule has 0 saturated heterocycles. The number of halogens is 1. The average Bonchev–Trinajstić information content (AvgIpc) is 3.24. The number of aliphatic hydroxyl groups excluding tert-OH is 2. The van der Waals surface area contributed by atoms with Crippen LogP contribution in [0.5, 0.6) is 0 Å². The van der Waals surface area contributed by atoms with E-state index in [1.165, 1.54) is 0 Å². The Labute approximate surface area is 158 Å². The van der Waals surface area contributed by atoms with E-state index in [4.69, 9.17) is 10.2 Å². The number of rotatable bonds is 2. The van der Waals surface area contributed by atoms with E-state index >= 15 is 0 Å². The lowest BCUT2D eigenvalue weighted by atomic mass is 10.1. The maximum Gasteiger partial charge on any atom is 0.104 e. The van der Waals surface area contributed by atoms with Gasteiger partial charge in [-0.05, 0) is 64.8 Å². The Morgan fingerprint density at radius 1 is 0.960 bits per heavy atom. The third-order valence-electron chi connectivity index (χ3n) is 4.38. The highest BCUT2D eigenvalue weighted by Crippen LogP contribution is 2.23. The van der Waals surface area contributed by atoms with Gasteiger partial charge in [-0.15, -0.1) is 0 Å². The van der Waals surface area contributed by atoms with Crippen molar-refractivity contribution in [2.24, 2.45) is 0 Å². The third-order valence-corrected chi connectivity index (χ3v) is 5.20. The molecule has 2 heterocycles. The molecule has 0 unspecified atom stereocenters. The summed E-state index contributed by atoms with van der Waals surface area (Å²) in [5.41, 5.74) is 5.99. The number of nitrogens with zero attached hydrogens (tertiary/aromatic N) is 2. The number of aromatic nitrogens is 4. The van der Waals surface area contributed by atoms with Crippen molar-refractivity contribution in [2.45, 2.75) is 27.1 Å². The summed E-state index contributed by atoms with van der Waals surface area (Å²) in [4.78, 5) is 0. The summed E-state index contributed by atoms with van der Waals surface area (Å²) in [7, 11) is 0. The number of nitrogens with one attached hydrogen (secondary N) is 2. The smallest absolute Gasteiger partial charge is 0.104 e. The number of benzene rings is 2. The van der Waals surface area contributed by atoms with Gasteiger partial charge < -0.3 is 10.2 Å². The van der Waals surface area contributed by atoms with Crippen molar-refractivity contribution in [1.29, 1.82) is 0 Å². The maximum absolute atomic E-state index is 9.04. The van der Waals surface area contributed by atoms with Crippen molar-refractivity contribution in [3.05, 3.63) is 56.4 Å². The molecule has 0 spiro atoms. The lowest BCUT2D eigenvalue weighted by Crippen LogP contribution is -1.89. The largest absolute Gasteiger partial charge is 0.392 e. The summed E-state index contributed by atoms with van der Waals surface area (Å²) < 4.78 is 1.04. The zero-order chi connectivity index (χ0) is 18.0. The fourth-order valence-corrected chi connectivity index (χ4v) is 3.32. The van der Waals surface area contributed by atoms with Crippen LogP contribution in [0, 0.1) is 17.5 Å². The van der Waals surface area contributed by atoms with Gasteiger partial charge in [-0.25, -0.2) is 0 Å². The van der Waals surface area contributed by atoms with Crippen molar-refractivity contribution in [3.8, 4) is 0 Å². The van der Waals surface area contributed by atoms with E-state index in [1.807, 2.05) is 38.1 Å². The number of aryl methyl sites for hydroxylation is 2. The number of H-pyrrole nitrogens is 2. The molecule has 7 heteroatoms. The van der Waals surface area contributed by atoms with Gasteiger partial charge in [0.1, 0.15) is 3.70 Å². The van der Waals surface area contributed by atoms with Crippen molar-refractivity contribution in [1.82, 2.24) is 20.4 Å². The van der Waals surface area contributed by atoms with E-state index in [0.29, 0.717) is 0 Å². The minimum atomic E-state index is 0.0746. The number of hydrogen-bond donors (Lipinski definition) is 4. The van der Waals surface area contributed by atoms with Crippen molar-refractivity contribution >= 4 is 44.4 Å². The van der Waals surface area contributed by atoms with Crippen LogP contribution < -0.4 is 0 Å². The van der Waals surface area contributed by atoms with Gasteiger partial charge in [-0.2, -0.15) is 10.2 Å². The van der Waals surface area contributed by atoms with Crippen LogP contribution >= 0.6 is 22.6 Å². The summed E-state index contributed by atoms with van der Waals surface area (Å²) in [6.45, 7) is 4.11. The first-order valence-electron chi connectivity index (χ1n) is 7.82. The zero-order valence-electron chi connectivity index (χ0n) is 14.0. The fraction of sp³-hybridized carbons (Fsp3) is 0.222. The number of aliphatic hydroxyl groups is 2. The van der Waals surface area contributed by atoms with Gasteiger partial charge in [-0.1, -0.05) is 18.2 Å². The minimum absolute atomic E-state index is 0.0746. The predicted octanol–water partition coefficient (Wildman–Crippen LogP) is 3.33. The third kappa shape index (κ3) is 3.39. The molecule has 0 amide bonds. The van der Waals surface area contributed by atoms with Crippen LogP contribution in [-0.2, 0) is 13.2 Å². The Morgan fingerprint density at radius 2 is 1.64 bits per heavy atom. The van der Waals surface area contributed by atoms with Gasteiger partial charge in [0.25, 0.3) is 0 Å². The topological polar surface area (TPSA) is 97.8 Å². The molecule has 0 aliphatic heterocycles.